The zero-order valence-corrected chi connectivity index (χ0v) is 10.7. The first-order valence-electron chi connectivity index (χ1n) is 6.80. The van der Waals surface area contributed by atoms with Crippen molar-refractivity contribution in [2.45, 2.75) is 44.8 Å². The molecule has 1 aromatic carbocycles. The van der Waals surface area contributed by atoms with Crippen molar-refractivity contribution in [3.8, 4) is 0 Å². The Morgan fingerprint density at radius 3 is 3.06 bits per heavy atom. The van der Waals surface area contributed by atoms with Crippen LogP contribution in [0, 0.1) is 0 Å². The summed E-state index contributed by atoms with van der Waals surface area (Å²) in [6, 6.07) is 8.40. The Labute approximate surface area is 109 Å². The highest BCUT2D eigenvalue weighted by molar-refractivity contribution is 5.53. The minimum Gasteiger partial charge on any atom is -0.360 e. The van der Waals surface area contributed by atoms with Crippen molar-refractivity contribution in [1.82, 2.24) is 0 Å². The van der Waals surface area contributed by atoms with Gasteiger partial charge in [-0.15, -0.1) is 0 Å². The summed E-state index contributed by atoms with van der Waals surface area (Å²) < 4.78 is 5.82. The van der Waals surface area contributed by atoms with Gasteiger partial charge in [-0.3, -0.25) is 0 Å². The summed E-state index contributed by atoms with van der Waals surface area (Å²) in [5, 5.41) is 3.42. The van der Waals surface area contributed by atoms with E-state index in [2.05, 4.69) is 23.5 Å². The van der Waals surface area contributed by atoms with Crippen LogP contribution in [0.15, 0.2) is 24.3 Å². The predicted octanol–water partition coefficient (Wildman–Crippen LogP) is 3.15. The lowest BCUT2D eigenvalue weighted by Gasteiger charge is -2.27. The van der Waals surface area contributed by atoms with Gasteiger partial charge in [0.25, 0.3) is 0 Å². The predicted molar refractivity (Wildman–Crippen MR) is 72.7 cm³/mol. The summed E-state index contributed by atoms with van der Waals surface area (Å²) in [7, 11) is 0. The molecule has 98 valence electrons. The summed E-state index contributed by atoms with van der Waals surface area (Å²) in [6.45, 7) is 0.776. The zero-order chi connectivity index (χ0) is 12.6. The number of aryl methyl sites for hydroxylation is 1. The molecule has 0 saturated carbocycles. The third-order valence-corrected chi connectivity index (χ3v) is 3.30. The van der Waals surface area contributed by atoms with E-state index in [1.807, 2.05) is 6.07 Å². The molecule has 0 aromatic heterocycles. The number of carbonyl (C=O) groups excluding carboxylic acids is 1. The van der Waals surface area contributed by atoms with Crippen molar-refractivity contribution in [3.05, 3.63) is 29.8 Å². The number of rotatable bonds is 7. The molecule has 2 rings (SSSR count). The average Bonchev–Trinajstić information content (AvgIpc) is 2.42. The van der Waals surface area contributed by atoms with Crippen LogP contribution in [0.3, 0.4) is 0 Å². The van der Waals surface area contributed by atoms with Crippen LogP contribution in [0.1, 0.15) is 37.7 Å². The van der Waals surface area contributed by atoms with Gasteiger partial charge in [-0.2, -0.15) is 0 Å². The van der Waals surface area contributed by atoms with Crippen LogP contribution in [0.25, 0.3) is 0 Å². The molecule has 1 heterocycles. The van der Waals surface area contributed by atoms with Crippen molar-refractivity contribution in [1.29, 1.82) is 0 Å². The van der Waals surface area contributed by atoms with Gasteiger partial charge in [0.1, 0.15) is 12.5 Å². The number of aldehydes is 1. The van der Waals surface area contributed by atoms with Gasteiger partial charge < -0.3 is 14.8 Å². The number of hydrogen-bond donors (Lipinski definition) is 1. The molecule has 3 heteroatoms. The zero-order valence-electron chi connectivity index (χ0n) is 10.7. The number of carbonyl (C=O) groups is 1. The van der Waals surface area contributed by atoms with E-state index in [-0.39, 0.29) is 6.23 Å². The molecule has 0 aliphatic carbocycles. The van der Waals surface area contributed by atoms with Crippen LogP contribution in [0.2, 0.25) is 0 Å². The Morgan fingerprint density at radius 1 is 1.28 bits per heavy atom. The minimum absolute atomic E-state index is 0.144. The fourth-order valence-electron chi connectivity index (χ4n) is 2.27. The Kier molecular flexibility index (Phi) is 5.21. The molecule has 0 saturated heterocycles. The molecule has 0 amide bonds. The summed E-state index contributed by atoms with van der Waals surface area (Å²) >= 11 is 0. The summed E-state index contributed by atoms with van der Waals surface area (Å²) in [6.07, 6.45) is 7.01. The van der Waals surface area contributed by atoms with Crippen molar-refractivity contribution in [2.24, 2.45) is 0 Å². The Hall–Kier alpha value is -1.35. The topological polar surface area (TPSA) is 38.3 Å². The lowest BCUT2D eigenvalue weighted by molar-refractivity contribution is -0.107. The number of fused-ring (bicyclic) bond motifs is 1. The summed E-state index contributed by atoms with van der Waals surface area (Å²) in [5.41, 5.74) is 2.58. The number of nitrogens with one attached hydrogen (secondary N) is 1. The van der Waals surface area contributed by atoms with Crippen molar-refractivity contribution < 1.29 is 9.53 Å². The molecule has 1 aromatic rings. The van der Waals surface area contributed by atoms with E-state index in [4.69, 9.17) is 4.74 Å². The van der Waals surface area contributed by atoms with E-state index in [1.165, 1.54) is 11.3 Å². The molecular formula is C15H21NO2. The SMILES string of the molecule is O=CCCCCCOC1CCc2ccccc2N1. The molecule has 0 spiro atoms. The molecule has 0 radical (unpaired) electrons. The lowest BCUT2D eigenvalue weighted by Crippen LogP contribution is -2.28. The van der Waals surface area contributed by atoms with Gasteiger partial charge in [0.15, 0.2) is 0 Å². The smallest absolute Gasteiger partial charge is 0.128 e. The second-order valence-electron chi connectivity index (χ2n) is 4.72. The van der Waals surface area contributed by atoms with Crippen LogP contribution in [0.4, 0.5) is 5.69 Å². The van der Waals surface area contributed by atoms with Crippen LogP contribution in [-0.2, 0) is 16.0 Å². The normalized spacial score (nSPS) is 17.9. The quantitative estimate of drug-likeness (QED) is 0.594. The number of ether oxygens (including phenoxy) is 1. The number of unbranched alkanes of at least 4 members (excludes halogenated alkanes) is 3. The van der Waals surface area contributed by atoms with E-state index in [0.717, 1.165) is 45.0 Å². The lowest BCUT2D eigenvalue weighted by atomic mass is 10.0. The standard InChI is InChI=1S/C15H21NO2/c17-11-5-1-2-6-12-18-15-10-9-13-7-3-4-8-14(13)16-15/h3-4,7-8,11,15-16H,1-2,5-6,9-10,12H2. The molecule has 1 aliphatic heterocycles. The van der Waals surface area contributed by atoms with Crippen LogP contribution in [-0.4, -0.2) is 19.1 Å². The second kappa shape index (κ2) is 7.17. The second-order valence-corrected chi connectivity index (χ2v) is 4.72. The monoisotopic (exact) mass is 247 g/mol. The van der Waals surface area contributed by atoms with Gasteiger partial charge in [0.05, 0.1) is 0 Å². The molecule has 1 N–H and O–H groups in total. The maximum Gasteiger partial charge on any atom is 0.128 e. The fourth-order valence-corrected chi connectivity index (χ4v) is 2.27. The largest absolute Gasteiger partial charge is 0.360 e. The third kappa shape index (κ3) is 3.84. The number of hydrogen-bond acceptors (Lipinski definition) is 3. The van der Waals surface area contributed by atoms with Gasteiger partial charge in [-0.25, -0.2) is 0 Å². The van der Waals surface area contributed by atoms with E-state index in [9.17, 15) is 4.79 Å². The molecule has 3 nitrogen and oxygen atoms in total. The molecule has 0 bridgehead atoms. The van der Waals surface area contributed by atoms with Crippen LogP contribution in [0.5, 0.6) is 0 Å². The Balaban J connectivity index is 1.65. The minimum atomic E-state index is 0.144. The van der Waals surface area contributed by atoms with Crippen molar-refractivity contribution in [2.75, 3.05) is 11.9 Å². The van der Waals surface area contributed by atoms with Crippen molar-refractivity contribution in [3.63, 3.8) is 0 Å². The number of anilines is 1. The van der Waals surface area contributed by atoms with Crippen LogP contribution >= 0.6 is 0 Å². The third-order valence-electron chi connectivity index (χ3n) is 3.30. The van der Waals surface area contributed by atoms with E-state index in [1.54, 1.807) is 0 Å². The molecule has 1 atom stereocenters. The summed E-state index contributed by atoms with van der Waals surface area (Å²) in [5.74, 6) is 0. The fraction of sp³-hybridized carbons (Fsp3) is 0.533. The molecule has 1 aliphatic rings. The first-order valence-corrected chi connectivity index (χ1v) is 6.80. The van der Waals surface area contributed by atoms with E-state index in [0.29, 0.717) is 6.42 Å². The van der Waals surface area contributed by atoms with Crippen LogP contribution < -0.4 is 5.32 Å². The maximum absolute atomic E-state index is 10.2. The highest BCUT2D eigenvalue weighted by Crippen LogP contribution is 2.24. The van der Waals surface area contributed by atoms with E-state index < -0.39 is 0 Å². The van der Waals surface area contributed by atoms with Gasteiger partial charge in [0, 0.05) is 18.7 Å². The molecule has 0 fully saturated rings. The highest BCUT2D eigenvalue weighted by atomic mass is 16.5. The number of para-hydroxylation sites is 1. The number of benzene rings is 1. The van der Waals surface area contributed by atoms with Gasteiger partial charge in [-0.1, -0.05) is 24.6 Å². The summed E-state index contributed by atoms with van der Waals surface area (Å²) in [4.78, 5) is 10.2. The highest BCUT2D eigenvalue weighted by Gasteiger charge is 2.16. The molecular weight excluding hydrogens is 226 g/mol. The molecule has 1 unspecified atom stereocenters. The van der Waals surface area contributed by atoms with E-state index >= 15 is 0 Å². The van der Waals surface area contributed by atoms with Crippen molar-refractivity contribution >= 4 is 12.0 Å². The van der Waals surface area contributed by atoms with Gasteiger partial charge in [-0.05, 0) is 37.3 Å². The Bertz CT molecular complexity index is 379. The average molecular weight is 247 g/mol. The Morgan fingerprint density at radius 2 is 2.17 bits per heavy atom. The van der Waals surface area contributed by atoms with Gasteiger partial charge in [0.2, 0.25) is 0 Å². The first kappa shape index (κ1) is 13.1. The first-order chi connectivity index (χ1) is 8.90. The maximum atomic E-state index is 10.2. The van der Waals surface area contributed by atoms with Gasteiger partial charge >= 0.3 is 0 Å². The molecule has 18 heavy (non-hydrogen) atoms.